The van der Waals surface area contributed by atoms with E-state index in [9.17, 15) is 4.79 Å². The first kappa shape index (κ1) is 17.7. The minimum Gasteiger partial charge on any atom is -0.493 e. The zero-order valence-electron chi connectivity index (χ0n) is 14.7. The number of aromatic amines is 1. The van der Waals surface area contributed by atoms with Crippen LogP contribution in [-0.2, 0) is 0 Å². The maximum Gasteiger partial charge on any atom is 0.274 e. The Kier molecular flexibility index (Phi) is 5.08. The van der Waals surface area contributed by atoms with Crippen molar-refractivity contribution >= 4 is 22.4 Å². The van der Waals surface area contributed by atoms with Gasteiger partial charge in [-0.25, -0.2) is 0 Å². The van der Waals surface area contributed by atoms with Crippen molar-refractivity contribution in [2.24, 2.45) is 0 Å². The summed E-state index contributed by atoms with van der Waals surface area (Å²) in [4.78, 5) is 12.3. The second kappa shape index (κ2) is 7.44. The number of carbonyl (C=O) groups is 1. The summed E-state index contributed by atoms with van der Waals surface area (Å²) in [6, 6.07) is 7.00. The molecule has 0 radical (unpaired) electrons. The van der Waals surface area contributed by atoms with Gasteiger partial charge in [0, 0.05) is 5.56 Å². The highest BCUT2D eigenvalue weighted by Crippen LogP contribution is 2.40. The monoisotopic (exact) mass is 374 g/mol. The van der Waals surface area contributed by atoms with Crippen molar-refractivity contribution in [3.05, 3.63) is 35.7 Å². The summed E-state index contributed by atoms with van der Waals surface area (Å²) in [5, 5.41) is 10.4. The fraction of sp³-hybridized carbons (Fsp3) is 0.235. The molecular weight excluding hydrogens is 356 g/mol. The summed E-state index contributed by atoms with van der Waals surface area (Å²) >= 11 is 1.23. The lowest BCUT2D eigenvalue weighted by Gasteiger charge is -2.13. The second-order valence-electron chi connectivity index (χ2n) is 5.37. The average molecular weight is 374 g/mol. The third kappa shape index (κ3) is 3.47. The molecule has 3 aromatic rings. The standard InChI is InChI=1S/C17H18N4O4S/c1-9-5-15(26-21-9)18-17(22)12-8-11(19-20-12)10-6-13(23-2)16(25-4)14(7-10)24-3/h5-8H,1-4H3,(H,18,22)(H,19,20). The molecule has 0 spiro atoms. The van der Waals surface area contributed by atoms with Crippen LogP contribution >= 0.6 is 11.5 Å². The van der Waals surface area contributed by atoms with E-state index in [0.717, 1.165) is 11.3 Å². The van der Waals surface area contributed by atoms with Gasteiger partial charge in [0.15, 0.2) is 11.5 Å². The van der Waals surface area contributed by atoms with E-state index in [1.807, 2.05) is 6.92 Å². The number of aryl methyl sites for hydroxylation is 1. The van der Waals surface area contributed by atoms with Crippen LogP contribution in [0.1, 0.15) is 16.2 Å². The molecular formula is C17H18N4O4S. The molecule has 9 heteroatoms. The molecule has 136 valence electrons. The lowest BCUT2D eigenvalue weighted by Crippen LogP contribution is -2.11. The molecule has 0 aliphatic heterocycles. The molecule has 3 rings (SSSR count). The molecule has 0 aliphatic rings. The number of benzene rings is 1. The van der Waals surface area contributed by atoms with Crippen LogP contribution in [0.15, 0.2) is 24.3 Å². The molecule has 0 atom stereocenters. The maximum atomic E-state index is 12.3. The van der Waals surface area contributed by atoms with E-state index in [2.05, 4.69) is 19.9 Å². The number of nitrogens with zero attached hydrogens (tertiary/aromatic N) is 2. The van der Waals surface area contributed by atoms with Gasteiger partial charge in [-0.1, -0.05) is 0 Å². The third-order valence-corrected chi connectivity index (χ3v) is 4.44. The van der Waals surface area contributed by atoms with Crippen LogP contribution in [0, 0.1) is 6.92 Å². The molecule has 0 saturated carbocycles. The highest BCUT2D eigenvalue weighted by molar-refractivity contribution is 7.10. The number of ether oxygens (including phenoxy) is 3. The Morgan fingerprint density at radius 1 is 1.08 bits per heavy atom. The topological polar surface area (TPSA) is 98.4 Å². The number of methoxy groups -OCH3 is 3. The van der Waals surface area contributed by atoms with Crippen LogP contribution in [0.25, 0.3) is 11.3 Å². The van der Waals surface area contributed by atoms with Crippen molar-refractivity contribution in [1.29, 1.82) is 0 Å². The summed E-state index contributed by atoms with van der Waals surface area (Å²) < 4.78 is 20.1. The summed E-state index contributed by atoms with van der Waals surface area (Å²) in [6.45, 7) is 1.87. The Hall–Kier alpha value is -3.07. The minimum atomic E-state index is -0.292. The molecule has 2 heterocycles. The van der Waals surface area contributed by atoms with Gasteiger partial charge in [-0.05, 0) is 42.7 Å². The summed E-state index contributed by atoms with van der Waals surface area (Å²) in [5.74, 6) is 1.22. The van der Waals surface area contributed by atoms with Crippen molar-refractivity contribution in [1.82, 2.24) is 14.6 Å². The first-order valence-corrected chi connectivity index (χ1v) is 8.43. The highest BCUT2D eigenvalue weighted by atomic mass is 32.1. The molecule has 0 saturated heterocycles. The van der Waals surface area contributed by atoms with Crippen LogP contribution in [0.2, 0.25) is 0 Å². The molecule has 2 aromatic heterocycles. The SMILES string of the molecule is COc1cc(-c2cc(C(=O)Nc3cc(C)ns3)[nH]n2)cc(OC)c1OC. The van der Waals surface area contributed by atoms with Gasteiger partial charge in [-0.2, -0.15) is 9.47 Å². The number of hydrogen-bond donors (Lipinski definition) is 2. The van der Waals surface area contributed by atoms with Gasteiger partial charge in [0.1, 0.15) is 10.7 Å². The summed E-state index contributed by atoms with van der Waals surface area (Å²) in [5.41, 5.74) is 2.49. The predicted molar refractivity (Wildman–Crippen MR) is 98.5 cm³/mol. The molecule has 0 unspecified atom stereocenters. The third-order valence-electron chi connectivity index (χ3n) is 3.65. The Morgan fingerprint density at radius 3 is 2.31 bits per heavy atom. The number of H-pyrrole nitrogens is 1. The molecule has 0 bridgehead atoms. The van der Waals surface area contributed by atoms with Crippen molar-refractivity contribution < 1.29 is 19.0 Å². The van der Waals surface area contributed by atoms with E-state index in [4.69, 9.17) is 14.2 Å². The Labute approximate surface area is 154 Å². The van der Waals surface area contributed by atoms with Gasteiger partial charge >= 0.3 is 0 Å². The molecule has 1 amide bonds. The fourth-order valence-electron chi connectivity index (χ4n) is 2.42. The van der Waals surface area contributed by atoms with Crippen molar-refractivity contribution in [3.63, 3.8) is 0 Å². The van der Waals surface area contributed by atoms with E-state index in [1.165, 1.54) is 18.6 Å². The molecule has 26 heavy (non-hydrogen) atoms. The summed E-state index contributed by atoms with van der Waals surface area (Å²) in [6.07, 6.45) is 0. The number of nitrogens with one attached hydrogen (secondary N) is 2. The Bertz CT molecular complexity index is 909. The molecule has 8 nitrogen and oxygen atoms in total. The van der Waals surface area contributed by atoms with Crippen molar-refractivity contribution in [2.75, 3.05) is 26.6 Å². The number of amides is 1. The lowest BCUT2D eigenvalue weighted by molar-refractivity contribution is 0.102. The minimum absolute atomic E-state index is 0.292. The van der Waals surface area contributed by atoms with Crippen LogP contribution in [0.5, 0.6) is 17.2 Å². The Balaban J connectivity index is 1.88. The van der Waals surface area contributed by atoms with Gasteiger partial charge in [0.05, 0.1) is 32.7 Å². The summed E-state index contributed by atoms with van der Waals surface area (Å²) in [7, 11) is 4.63. The first-order chi connectivity index (χ1) is 12.5. The number of hydrogen-bond acceptors (Lipinski definition) is 7. The maximum absolute atomic E-state index is 12.3. The second-order valence-corrected chi connectivity index (χ2v) is 6.17. The smallest absolute Gasteiger partial charge is 0.274 e. The largest absolute Gasteiger partial charge is 0.493 e. The van der Waals surface area contributed by atoms with Crippen LogP contribution in [0.4, 0.5) is 5.00 Å². The van der Waals surface area contributed by atoms with Gasteiger partial charge in [0.25, 0.3) is 5.91 Å². The lowest BCUT2D eigenvalue weighted by atomic mass is 10.1. The normalized spacial score (nSPS) is 10.5. The predicted octanol–water partition coefficient (Wildman–Crippen LogP) is 3.12. The van der Waals surface area contributed by atoms with Crippen LogP contribution in [-0.4, -0.2) is 41.8 Å². The first-order valence-electron chi connectivity index (χ1n) is 7.66. The fourth-order valence-corrected chi connectivity index (χ4v) is 3.07. The molecule has 0 aliphatic carbocycles. The van der Waals surface area contributed by atoms with Crippen LogP contribution < -0.4 is 19.5 Å². The van der Waals surface area contributed by atoms with E-state index < -0.39 is 0 Å². The van der Waals surface area contributed by atoms with Gasteiger partial charge < -0.3 is 19.5 Å². The van der Waals surface area contributed by atoms with Gasteiger partial charge in [0.2, 0.25) is 5.75 Å². The van der Waals surface area contributed by atoms with E-state index in [1.54, 1.807) is 38.5 Å². The van der Waals surface area contributed by atoms with Gasteiger partial charge in [-0.15, -0.1) is 0 Å². The highest BCUT2D eigenvalue weighted by Gasteiger charge is 2.17. The van der Waals surface area contributed by atoms with Crippen LogP contribution in [0.3, 0.4) is 0 Å². The van der Waals surface area contributed by atoms with Gasteiger partial charge in [-0.3, -0.25) is 9.89 Å². The Morgan fingerprint density at radius 2 is 1.77 bits per heavy atom. The number of anilines is 1. The van der Waals surface area contributed by atoms with E-state index in [-0.39, 0.29) is 5.91 Å². The quantitative estimate of drug-likeness (QED) is 0.688. The average Bonchev–Trinajstić information content (AvgIpc) is 3.29. The van der Waals surface area contributed by atoms with Crippen molar-refractivity contribution in [3.8, 4) is 28.5 Å². The number of rotatable bonds is 6. The number of carbonyl (C=O) groups excluding carboxylic acids is 1. The molecule has 0 fully saturated rings. The van der Waals surface area contributed by atoms with E-state index in [0.29, 0.717) is 33.6 Å². The van der Waals surface area contributed by atoms with E-state index >= 15 is 0 Å². The van der Waals surface area contributed by atoms with Crippen molar-refractivity contribution in [2.45, 2.75) is 6.92 Å². The zero-order valence-corrected chi connectivity index (χ0v) is 15.6. The molecule has 2 N–H and O–H groups in total. The zero-order chi connectivity index (χ0) is 18.7. The molecule has 1 aromatic carbocycles. The number of aromatic nitrogens is 3.